The molecule has 6 nitrogen and oxygen atoms in total. The topological polar surface area (TPSA) is 63.1 Å². The summed E-state index contributed by atoms with van der Waals surface area (Å²) in [4.78, 5) is 19.1. The Balaban J connectivity index is 1.17. The molecule has 1 fully saturated rings. The molecule has 1 N–H and O–H groups in total. The van der Waals surface area contributed by atoms with Gasteiger partial charge in [-0.05, 0) is 36.6 Å². The van der Waals surface area contributed by atoms with E-state index in [1.54, 1.807) is 22.3 Å². The van der Waals surface area contributed by atoms with Gasteiger partial charge in [0, 0.05) is 48.5 Å². The van der Waals surface area contributed by atoms with E-state index in [0.29, 0.717) is 24.5 Å². The third-order valence-electron chi connectivity index (χ3n) is 5.69. The molecule has 0 bridgehead atoms. The fourth-order valence-corrected chi connectivity index (χ4v) is 4.68. The van der Waals surface area contributed by atoms with Crippen molar-refractivity contribution in [2.75, 3.05) is 24.5 Å². The molecule has 9 heteroatoms. The summed E-state index contributed by atoms with van der Waals surface area (Å²) in [5.74, 6) is -1.70. The van der Waals surface area contributed by atoms with Crippen molar-refractivity contribution in [1.29, 1.82) is 0 Å². The van der Waals surface area contributed by atoms with E-state index in [2.05, 4.69) is 15.4 Å². The minimum atomic E-state index is -0.850. The van der Waals surface area contributed by atoms with Gasteiger partial charge in [0.1, 0.15) is 10.7 Å². The van der Waals surface area contributed by atoms with Gasteiger partial charge in [-0.25, -0.2) is 18.4 Å². The van der Waals surface area contributed by atoms with Crippen LogP contribution >= 0.6 is 11.3 Å². The van der Waals surface area contributed by atoms with E-state index >= 15 is 0 Å². The lowest BCUT2D eigenvalue weighted by molar-refractivity contribution is 0.0944. The second-order valence-electron chi connectivity index (χ2n) is 7.96. The smallest absolute Gasteiger partial charge is 0.270 e. The van der Waals surface area contributed by atoms with Crippen molar-refractivity contribution in [3.63, 3.8) is 0 Å². The van der Waals surface area contributed by atoms with Gasteiger partial charge in [-0.2, -0.15) is 5.10 Å². The summed E-state index contributed by atoms with van der Waals surface area (Å²) in [7, 11) is 0. The van der Waals surface area contributed by atoms with Crippen LogP contribution < -0.4 is 10.2 Å². The molecule has 5 rings (SSSR count). The second-order valence-corrected chi connectivity index (χ2v) is 8.81. The predicted octanol–water partition coefficient (Wildman–Crippen LogP) is 4.53. The molecule has 1 amide bonds. The van der Waals surface area contributed by atoms with Gasteiger partial charge < -0.3 is 10.2 Å². The zero-order valence-corrected chi connectivity index (χ0v) is 18.4. The summed E-state index contributed by atoms with van der Waals surface area (Å²) < 4.78 is 28.5. The number of carbonyl (C=O) groups is 1. The third kappa shape index (κ3) is 4.63. The fourth-order valence-electron chi connectivity index (χ4n) is 3.91. The van der Waals surface area contributed by atoms with Gasteiger partial charge in [0.05, 0.1) is 11.9 Å². The van der Waals surface area contributed by atoms with Crippen molar-refractivity contribution in [2.24, 2.45) is 5.92 Å². The van der Waals surface area contributed by atoms with Gasteiger partial charge >= 0.3 is 0 Å². The highest BCUT2D eigenvalue weighted by molar-refractivity contribution is 7.13. The van der Waals surface area contributed by atoms with E-state index in [1.807, 2.05) is 41.4 Å². The third-order valence-corrected chi connectivity index (χ3v) is 6.58. The number of hydrogen-bond donors (Lipinski definition) is 1. The molecule has 0 aliphatic carbocycles. The van der Waals surface area contributed by atoms with Crippen molar-refractivity contribution in [3.05, 3.63) is 83.6 Å². The Labute approximate surface area is 193 Å². The van der Waals surface area contributed by atoms with E-state index in [-0.39, 0.29) is 11.8 Å². The molecule has 1 aliphatic rings. The fraction of sp³-hybridized carbons (Fsp3) is 0.208. The maximum Gasteiger partial charge on any atom is 0.270 e. The number of benzene rings is 2. The van der Waals surface area contributed by atoms with Gasteiger partial charge in [-0.1, -0.05) is 18.2 Å². The number of aromatic nitrogens is 3. The van der Waals surface area contributed by atoms with Crippen LogP contribution in [0.15, 0.2) is 66.3 Å². The van der Waals surface area contributed by atoms with Crippen LogP contribution in [0, 0.1) is 17.6 Å². The maximum atomic E-state index is 13.5. The maximum absolute atomic E-state index is 13.5. The number of carbonyl (C=O) groups excluding carboxylic acids is 1. The van der Waals surface area contributed by atoms with Crippen molar-refractivity contribution in [3.8, 4) is 16.3 Å². The summed E-state index contributed by atoms with van der Waals surface area (Å²) in [6.45, 7) is 1.90. The van der Waals surface area contributed by atoms with E-state index in [4.69, 9.17) is 0 Å². The summed E-state index contributed by atoms with van der Waals surface area (Å²) in [5, 5.41) is 9.81. The molecule has 1 aliphatic heterocycles. The molecule has 2 aromatic carbocycles. The average Bonchev–Trinajstić information content (AvgIpc) is 3.60. The zero-order chi connectivity index (χ0) is 22.8. The Morgan fingerprint density at radius 3 is 2.79 bits per heavy atom. The molecule has 168 valence electrons. The molecule has 0 radical (unpaired) electrons. The van der Waals surface area contributed by atoms with Crippen LogP contribution in [-0.4, -0.2) is 40.3 Å². The van der Waals surface area contributed by atoms with Crippen LogP contribution in [0.4, 0.5) is 14.5 Å². The quantitative estimate of drug-likeness (QED) is 0.455. The number of nitrogens with one attached hydrogen (secondary N) is 1. The SMILES string of the molecule is O=C(NCC1CCN(c2ccc(F)c(F)c2)C1)c1csc(-c2cnn(-c3ccccc3)c2)n1. The first-order chi connectivity index (χ1) is 16.1. The lowest BCUT2D eigenvalue weighted by Gasteiger charge is -2.19. The molecule has 4 aromatic rings. The largest absolute Gasteiger partial charge is 0.371 e. The van der Waals surface area contributed by atoms with Crippen LogP contribution in [0.5, 0.6) is 0 Å². The number of amides is 1. The number of halogens is 2. The van der Waals surface area contributed by atoms with Gasteiger partial charge in [-0.15, -0.1) is 11.3 Å². The highest BCUT2D eigenvalue weighted by Crippen LogP contribution is 2.26. The van der Waals surface area contributed by atoms with Gasteiger partial charge in [-0.3, -0.25) is 4.79 Å². The number of nitrogens with zero attached hydrogens (tertiary/aromatic N) is 4. The summed E-state index contributed by atoms with van der Waals surface area (Å²) in [5.41, 5.74) is 2.83. The molecule has 33 heavy (non-hydrogen) atoms. The lowest BCUT2D eigenvalue weighted by Crippen LogP contribution is -2.31. The predicted molar refractivity (Wildman–Crippen MR) is 124 cm³/mol. The van der Waals surface area contributed by atoms with Crippen LogP contribution in [0.25, 0.3) is 16.3 Å². The van der Waals surface area contributed by atoms with E-state index < -0.39 is 11.6 Å². The number of rotatable bonds is 6. The molecule has 1 atom stereocenters. The zero-order valence-electron chi connectivity index (χ0n) is 17.6. The highest BCUT2D eigenvalue weighted by atomic mass is 32.1. The molecule has 2 aromatic heterocycles. The van der Waals surface area contributed by atoms with E-state index in [9.17, 15) is 13.6 Å². The van der Waals surface area contributed by atoms with Crippen LogP contribution in [0.2, 0.25) is 0 Å². The first-order valence-electron chi connectivity index (χ1n) is 10.6. The molecule has 0 spiro atoms. The molecule has 1 saturated heterocycles. The van der Waals surface area contributed by atoms with E-state index in [1.165, 1.54) is 17.4 Å². The Morgan fingerprint density at radius 1 is 1.12 bits per heavy atom. The van der Waals surface area contributed by atoms with Crippen LogP contribution in [-0.2, 0) is 0 Å². The number of hydrogen-bond acceptors (Lipinski definition) is 5. The Bertz CT molecular complexity index is 1270. The Hall–Kier alpha value is -3.59. The molecule has 1 unspecified atom stereocenters. The highest BCUT2D eigenvalue weighted by Gasteiger charge is 2.24. The normalized spacial score (nSPS) is 15.7. The van der Waals surface area contributed by atoms with Crippen molar-refractivity contribution < 1.29 is 13.6 Å². The molecule has 0 saturated carbocycles. The Kier molecular flexibility index (Phi) is 5.87. The molecule has 3 heterocycles. The monoisotopic (exact) mass is 465 g/mol. The summed E-state index contributed by atoms with van der Waals surface area (Å²) in [6, 6.07) is 13.7. The van der Waals surface area contributed by atoms with Crippen molar-refractivity contribution in [2.45, 2.75) is 6.42 Å². The minimum absolute atomic E-state index is 0.223. The number of para-hydroxylation sites is 1. The van der Waals surface area contributed by atoms with Crippen molar-refractivity contribution in [1.82, 2.24) is 20.1 Å². The molecular formula is C24H21F2N5OS. The van der Waals surface area contributed by atoms with Crippen LogP contribution in [0.1, 0.15) is 16.9 Å². The summed E-state index contributed by atoms with van der Waals surface area (Å²) >= 11 is 1.40. The van der Waals surface area contributed by atoms with Gasteiger partial charge in [0.15, 0.2) is 11.6 Å². The average molecular weight is 466 g/mol. The van der Waals surface area contributed by atoms with Crippen LogP contribution in [0.3, 0.4) is 0 Å². The lowest BCUT2D eigenvalue weighted by atomic mass is 10.1. The first kappa shape index (κ1) is 21.3. The van der Waals surface area contributed by atoms with Gasteiger partial charge in [0.2, 0.25) is 0 Å². The Morgan fingerprint density at radius 2 is 1.97 bits per heavy atom. The second kappa shape index (κ2) is 9.11. The van der Waals surface area contributed by atoms with Gasteiger partial charge in [0.25, 0.3) is 5.91 Å². The van der Waals surface area contributed by atoms with Crippen molar-refractivity contribution >= 4 is 22.9 Å². The standard InChI is InChI=1S/C24H21F2N5OS/c25-20-7-6-19(10-21(20)26)30-9-8-16(13-30)11-27-23(32)22-15-33-24(29-22)17-12-28-31(14-17)18-4-2-1-3-5-18/h1-7,10,12,14-16H,8-9,11,13H2,(H,27,32). The summed E-state index contributed by atoms with van der Waals surface area (Å²) in [6.07, 6.45) is 4.49. The molecular weight excluding hydrogens is 444 g/mol. The first-order valence-corrected chi connectivity index (χ1v) is 11.5. The van der Waals surface area contributed by atoms with E-state index in [0.717, 1.165) is 35.3 Å². The number of thiazole rings is 1. The minimum Gasteiger partial charge on any atom is -0.371 e. The number of anilines is 1.